The molecule has 2 aliphatic rings. The second-order valence-electron chi connectivity index (χ2n) is 4.76. The lowest BCUT2D eigenvalue weighted by atomic mass is 9.82. The van der Waals surface area contributed by atoms with E-state index in [1.54, 1.807) is 0 Å². The first-order chi connectivity index (χ1) is 6.84. The number of hydrogen-bond acceptors (Lipinski definition) is 2. The van der Waals surface area contributed by atoms with Crippen LogP contribution < -0.4 is 0 Å². The highest BCUT2D eigenvalue weighted by molar-refractivity contribution is 8.00. The van der Waals surface area contributed by atoms with Gasteiger partial charge in [-0.2, -0.15) is 11.8 Å². The van der Waals surface area contributed by atoms with E-state index < -0.39 is 0 Å². The summed E-state index contributed by atoms with van der Waals surface area (Å²) >= 11 is 1.92. The summed E-state index contributed by atoms with van der Waals surface area (Å²) in [6.45, 7) is 0. The zero-order valence-electron chi connectivity index (χ0n) is 8.84. The fourth-order valence-corrected chi connectivity index (χ4v) is 3.55. The van der Waals surface area contributed by atoms with Crippen LogP contribution in [0.4, 0.5) is 0 Å². The van der Waals surface area contributed by atoms with Crippen LogP contribution in [0.15, 0.2) is 0 Å². The molecule has 2 saturated carbocycles. The lowest BCUT2D eigenvalue weighted by Gasteiger charge is -2.24. The number of ketones is 1. The van der Waals surface area contributed by atoms with Crippen molar-refractivity contribution in [2.24, 2.45) is 5.92 Å². The minimum atomic E-state index is 0.506. The summed E-state index contributed by atoms with van der Waals surface area (Å²) in [5, 5.41) is 0.806. The molecule has 80 valence electrons. The molecule has 0 aromatic carbocycles. The maximum absolute atomic E-state index is 11.6. The molecule has 0 amide bonds. The van der Waals surface area contributed by atoms with Gasteiger partial charge in [0.15, 0.2) is 0 Å². The van der Waals surface area contributed by atoms with Gasteiger partial charge in [0.25, 0.3) is 0 Å². The largest absolute Gasteiger partial charge is 0.299 e. The summed E-state index contributed by atoms with van der Waals surface area (Å²) in [6.07, 6.45) is 10.3. The molecule has 2 fully saturated rings. The standard InChI is InChI=1S/C12H20OS/c13-11(8-10-4-3-5-10)9-14-12-6-1-2-7-12/h10,12H,1-9H2. The Balaban J connectivity index is 1.57. The van der Waals surface area contributed by atoms with Crippen LogP contribution in [-0.4, -0.2) is 16.8 Å². The van der Waals surface area contributed by atoms with E-state index in [0.717, 1.165) is 23.3 Å². The molecule has 0 N–H and O–H groups in total. The van der Waals surface area contributed by atoms with E-state index in [1.807, 2.05) is 11.8 Å². The van der Waals surface area contributed by atoms with Crippen molar-refractivity contribution in [3.63, 3.8) is 0 Å². The molecule has 0 atom stereocenters. The molecule has 0 aliphatic heterocycles. The highest BCUT2D eigenvalue weighted by Crippen LogP contribution is 2.32. The highest BCUT2D eigenvalue weighted by atomic mass is 32.2. The molecule has 0 radical (unpaired) electrons. The molecule has 0 heterocycles. The van der Waals surface area contributed by atoms with Gasteiger partial charge in [0.05, 0.1) is 5.75 Å². The highest BCUT2D eigenvalue weighted by Gasteiger charge is 2.22. The molecule has 0 aromatic heterocycles. The summed E-state index contributed by atoms with van der Waals surface area (Å²) in [5.41, 5.74) is 0. The predicted molar refractivity (Wildman–Crippen MR) is 61.7 cm³/mol. The Hall–Kier alpha value is 0.0200. The minimum absolute atomic E-state index is 0.506. The minimum Gasteiger partial charge on any atom is -0.299 e. The van der Waals surface area contributed by atoms with Crippen molar-refractivity contribution >= 4 is 17.5 Å². The van der Waals surface area contributed by atoms with Gasteiger partial charge in [-0.15, -0.1) is 0 Å². The van der Waals surface area contributed by atoms with Crippen LogP contribution in [0.1, 0.15) is 51.4 Å². The first-order valence-corrected chi connectivity index (χ1v) is 7.03. The Bertz CT molecular complexity index is 192. The van der Waals surface area contributed by atoms with Gasteiger partial charge < -0.3 is 0 Å². The molecule has 0 saturated heterocycles. The molecule has 2 heteroatoms. The molecule has 0 spiro atoms. The Labute approximate surface area is 91.0 Å². The normalized spacial score (nSPS) is 23.7. The summed E-state index contributed by atoms with van der Waals surface area (Å²) in [7, 11) is 0. The summed E-state index contributed by atoms with van der Waals surface area (Å²) in [5.74, 6) is 2.06. The molecule has 2 rings (SSSR count). The van der Waals surface area contributed by atoms with E-state index in [1.165, 1.54) is 44.9 Å². The van der Waals surface area contributed by atoms with E-state index in [2.05, 4.69) is 0 Å². The van der Waals surface area contributed by atoms with Crippen molar-refractivity contribution in [3.05, 3.63) is 0 Å². The lowest BCUT2D eigenvalue weighted by molar-refractivity contribution is -0.118. The number of thioether (sulfide) groups is 1. The maximum atomic E-state index is 11.6. The van der Waals surface area contributed by atoms with Crippen molar-refractivity contribution < 1.29 is 4.79 Å². The van der Waals surface area contributed by atoms with Crippen molar-refractivity contribution in [1.29, 1.82) is 0 Å². The van der Waals surface area contributed by atoms with Gasteiger partial charge in [-0.1, -0.05) is 32.1 Å². The van der Waals surface area contributed by atoms with Crippen LogP contribution in [0.25, 0.3) is 0 Å². The van der Waals surface area contributed by atoms with Crippen molar-refractivity contribution in [3.8, 4) is 0 Å². The lowest BCUT2D eigenvalue weighted by Crippen LogP contribution is -2.17. The molecule has 0 aromatic rings. The average molecular weight is 212 g/mol. The maximum Gasteiger partial charge on any atom is 0.143 e. The fourth-order valence-electron chi connectivity index (χ4n) is 2.34. The van der Waals surface area contributed by atoms with Crippen LogP contribution in [0.5, 0.6) is 0 Å². The Morgan fingerprint density at radius 3 is 2.36 bits per heavy atom. The van der Waals surface area contributed by atoms with Gasteiger partial charge in [0.2, 0.25) is 0 Å². The molecular weight excluding hydrogens is 192 g/mol. The number of carbonyl (C=O) groups is 1. The third-order valence-corrected chi connectivity index (χ3v) is 4.95. The van der Waals surface area contributed by atoms with Crippen LogP contribution >= 0.6 is 11.8 Å². The fraction of sp³-hybridized carbons (Fsp3) is 0.917. The number of hydrogen-bond donors (Lipinski definition) is 0. The molecule has 14 heavy (non-hydrogen) atoms. The molecule has 0 bridgehead atoms. The monoisotopic (exact) mass is 212 g/mol. The predicted octanol–water partition coefficient (Wildman–Crippen LogP) is 3.42. The van der Waals surface area contributed by atoms with Crippen molar-refractivity contribution in [2.75, 3.05) is 5.75 Å². The van der Waals surface area contributed by atoms with E-state index in [4.69, 9.17) is 0 Å². The van der Waals surface area contributed by atoms with Crippen LogP contribution in [-0.2, 0) is 4.79 Å². The third kappa shape index (κ3) is 3.01. The SMILES string of the molecule is O=C(CSC1CCCC1)CC1CCC1. The average Bonchev–Trinajstić information content (AvgIpc) is 2.60. The van der Waals surface area contributed by atoms with Crippen LogP contribution in [0.2, 0.25) is 0 Å². The Morgan fingerprint density at radius 2 is 1.79 bits per heavy atom. The van der Waals surface area contributed by atoms with Gasteiger partial charge in [-0.3, -0.25) is 4.79 Å². The third-order valence-electron chi connectivity index (χ3n) is 3.52. The van der Waals surface area contributed by atoms with Gasteiger partial charge in [-0.05, 0) is 18.8 Å². The van der Waals surface area contributed by atoms with Gasteiger partial charge in [-0.25, -0.2) is 0 Å². The van der Waals surface area contributed by atoms with Crippen LogP contribution in [0.3, 0.4) is 0 Å². The molecular formula is C12H20OS. The van der Waals surface area contributed by atoms with Crippen LogP contribution in [0, 0.1) is 5.92 Å². The van der Waals surface area contributed by atoms with Gasteiger partial charge >= 0.3 is 0 Å². The number of rotatable bonds is 5. The zero-order chi connectivity index (χ0) is 9.80. The van der Waals surface area contributed by atoms with Gasteiger partial charge in [0, 0.05) is 11.7 Å². The van der Waals surface area contributed by atoms with E-state index in [9.17, 15) is 4.79 Å². The van der Waals surface area contributed by atoms with E-state index >= 15 is 0 Å². The second-order valence-corrected chi connectivity index (χ2v) is 6.05. The summed E-state index contributed by atoms with van der Waals surface area (Å²) in [6, 6.07) is 0. The van der Waals surface area contributed by atoms with Gasteiger partial charge in [0.1, 0.15) is 5.78 Å². The van der Waals surface area contributed by atoms with Crippen molar-refractivity contribution in [1.82, 2.24) is 0 Å². The number of carbonyl (C=O) groups excluding carboxylic acids is 1. The first-order valence-electron chi connectivity index (χ1n) is 5.98. The first kappa shape index (κ1) is 10.5. The molecule has 2 aliphatic carbocycles. The second kappa shape index (κ2) is 5.20. The molecule has 1 nitrogen and oxygen atoms in total. The quantitative estimate of drug-likeness (QED) is 0.694. The Morgan fingerprint density at radius 1 is 1.07 bits per heavy atom. The zero-order valence-corrected chi connectivity index (χ0v) is 9.65. The topological polar surface area (TPSA) is 17.1 Å². The molecule has 0 unspecified atom stereocenters. The Kier molecular flexibility index (Phi) is 3.91. The number of Topliss-reactive ketones (excluding diaryl/α,β-unsaturated/α-hetero) is 1. The summed E-state index contributed by atoms with van der Waals surface area (Å²) < 4.78 is 0. The van der Waals surface area contributed by atoms with E-state index in [0.29, 0.717) is 5.78 Å². The van der Waals surface area contributed by atoms with Crippen molar-refractivity contribution in [2.45, 2.75) is 56.6 Å². The summed E-state index contributed by atoms with van der Waals surface area (Å²) in [4.78, 5) is 11.6. The van der Waals surface area contributed by atoms with E-state index in [-0.39, 0.29) is 0 Å². The smallest absolute Gasteiger partial charge is 0.143 e.